The van der Waals surface area contributed by atoms with Gasteiger partial charge in [-0.3, -0.25) is 14.9 Å². The van der Waals surface area contributed by atoms with Crippen molar-refractivity contribution in [3.05, 3.63) is 110 Å². The van der Waals surface area contributed by atoms with Crippen molar-refractivity contribution in [2.24, 2.45) is 0 Å². The number of hydrogen-bond acceptors (Lipinski definition) is 7. The third kappa shape index (κ3) is 5.80. The Morgan fingerprint density at radius 3 is 2.51 bits per heavy atom. The normalized spacial score (nSPS) is 15.8. The summed E-state index contributed by atoms with van der Waals surface area (Å²) in [5.41, 5.74) is 5.83. The quantitative estimate of drug-likeness (QED) is 0.152. The number of aryl methyl sites for hydroxylation is 2. The van der Waals surface area contributed by atoms with E-state index in [2.05, 4.69) is 45.3 Å². The predicted octanol–water partition coefficient (Wildman–Crippen LogP) is 6.35. The molecule has 1 fully saturated rings. The molecule has 0 spiro atoms. The second kappa shape index (κ2) is 11.0. The van der Waals surface area contributed by atoms with Crippen LogP contribution in [0.4, 0.5) is 11.4 Å². The van der Waals surface area contributed by atoms with Gasteiger partial charge in [-0.05, 0) is 79.9 Å². The molecule has 3 heterocycles. The highest BCUT2D eigenvalue weighted by Gasteiger charge is 2.27. The number of thioether (sulfide) groups is 1. The monoisotopic (exact) mass is 541 g/mol. The van der Waals surface area contributed by atoms with E-state index in [0.717, 1.165) is 40.9 Å². The molecule has 10 heteroatoms. The molecule has 0 aliphatic carbocycles. The summed E-state index contributed by atoms with van der Waals surface area (Å²) in [6.45, 7) is 6.16. The van der Waals surface area contributed by atoms with E-state index in [1.165, 1.54) is 29.5 Å². The molecule has 1 aliphatic rings. The fourth-order valence-corrected chi connectivity index (χ4v) is 5.33. The van der Waals surface area contributed by atoms with Crippen LogP contribution in [0.25, 0.3) is 11.8 Å². The minimum absolute atomic E-state index is 0.0935. The number of ether oxygens (including phenoxy) is 1. The summed E-state index contributed by atoms with van der Waals surface area (Å²) >= 11 is 1.46. The van der Waals surface area contributed by atoms with Crippen LogP contribution in [0.1, 0.15) is 29.4 Å². The van der Waals surface area contributed by atoms with Gasteiger partial charge in [0.25, 0.3) is 11.6 Å². The average Bonchev–Trinajstić information content (AvgIpc) is 3.42. The topological polar surface area (TPSA) is 111 Å². The highest BCUT2D eigenvalue weighted by molar-refractivity contribution is 8.05. The van der Waals surface area contributed by atoms with E-state index in [1.54, 1.807) is 0 Å². The van der Waals surface area contributed by atoms with Gasteiger partial charge in [0, 0.05) is 34.9 Å². The maximum absolute atomic E-state index is 12.7. The zero-order valence-electron chi connectivity index (χ0n) is 21.7. The van der Waals surface area contributed by atoms with Crippen molar-refractivity contribution in [3.8, 4) is 17.3 Å². The number of carbonyl (C=O) groups excluding carboxylic acids is 1. The fourth-order valence-electron chi connectivity index (χ4n) is 4.35. The van der Waals surface area contributed by atoms with E-state index in [9.17, 15) is 14.9 Å². The number of hydrogen-bond donors (Lipinski definition) is 2. The number of nitro groups is 1. The fraction of sp³-hybridized carbons (Fsp3) is 0.172. The second-order valence-electron chi connectivity index (χ2n) is 9.04. The Balaban J connectivity index is 1.29. The first-order valence-corrected chi connectivity index (χ1v) is 13.3. The predicted molar refractivity (Wildman–Crippen MR) is 153 cm³/mol. The van der Waals surface area contributed by atoms with Crippen molar-refractivity contribution in [2.45, 2.75) is 32.7 Å². The van der Waals surface area contributed by atoms with E-state index in [-0.39, 0.29) is 23.0 Å². The molecule has 0 bridgehead atoms. The van der Waals surface area contributed by atoms with E-state index >= 15 is 0 Å². The van der Waals surface area contributed by atoms with Gasteiger partial charge in [-0.25, -0.2) is 4.98 Å². The van der Waals surface area contributed by atoms with Gasteiger partial charge in [0.05, 0.1) is 9.83 Å². The minimum atomic E-state index is -0.503. The summed E-state index contributed by atoms with van der Waals surface area (Å²) in [4.78, 5) is 27.6. The lowest BCUT2D eigenvalue weighted by atomic mass is 10.1. The lowest BCUT2D eigenvalue weighted by Gasteiger charge is -2.12. The molecule has 1 saturated heterocycles. The summed E-state index contributed by atoms with van der Waals surface area (Å²) in [5, 5.41) is 17.2. The van der Waals surface area contributed by atoms with Gasteiger partial charge in [0.1, 0.15) is 11.9 Å². The van der Waals surface area contributed by atoms with Crippen molar-refractivity contribution in [2.75, 3.05) is 5.32 Å². The van der Waals surface area contributed by atoms with Crippen LogP contribution in [0.5, 0.6) is 11.6 Å². The Labute approximate surface area is 230 Å². The van der Waals surface area contributed by atoms with Crippen LogP contribution in [0, 0.1) is 24.0 Å². The van der Waals surface area contributed by atoms with Crippen LogP contribution in [0.15, 0.2) is 77.8 Å². The van der Waals surface area contributed by atoms with Crippen molar-refractivity contribution in [3.63, 3.8) is 0 Å². The molecule has 0 unspecified atom stereocenters. The Morgan fingerprint density at radius 1 is 1.13 bits per heavy atom. The summed E-state index contributed by atoms with van der Waals surface area (Å²) in [7, 11) is 0. The van der Waals surface area contributed by atoms with Gasteiger partial charge >= 0.3 is 0 Å². The average molecular weight is 542 g/mol. The number of pyridine rings is 1. The summed E-state index contributed by atoms with van der Waals surface area (Å²) in [6, 6.07) is 20.6. The van der Waals surface area contributed by atoms with Crippen LogP contribution >= 0.6 is 11.8 Å². The highest BCUT2D eigenvalue weighted by atomic mass is 32.2. The summed E-state index contributed by atoms with van der Waals surface area (Å²) in [6.07, 6.45) is 4.08. The molecule has 1 atom stereocenters. The van der Waals surface area contributed by atoms with Crippen LogP contribution in [-0.4, -0.2) is 25.9 Å². The Kier molecular flexibility index (Phi) is 7.38. The smallest absolute Gasteiger partial charge is 0.287 e. The van der Waals surface area contributed by atoms with Crippen LogP contribution < -0.4 is 15.4 Å². The summed E-state index contributed by atoms with van der Waals surface area (Å²) < 4.78 is 7.84. The number of anilines is 1. The third-order valence-corrected chi connectivity index (χ3v) is 7.43. The van der Waals surface area contributed by atoms with E-state index in [0.29, 0.717) is 10.7 Å². The molecule has 0 saturated carbocycles. The number of carbonyl (C=O) groups is 1. The molecule has 39 heavy (non-hydrogen) atoms. The first-order chi connectivity index (χ1) is 18.8. The maximum Gasteiger partial charge on any atom is 0.287 e. The van der Waals surface area contributed by atoms with Gasteiger partial charge in [-0.1, -0.05) is 30.8 Å². The molecule has 4 aromatic rings. The van der Waals surface area contributed by atoms with Gasteiger partial charge < -0.3 is 19.9 Å². The molecule has 1 amide bonds. The number of aromatic nitrogens is 2. The molecular formula is C29H27N5O4S. The molecule has 2 N–H and O–H groups in total. The van der Waals surface area contributed by atoms with Gasteiger partial charge in [-0.2, -0.15) is 0 Å². The number of amides is 1. The van der Waals surface area contributed by atoms with Crippen LogP contribution in [0.2, 0.25) is 0 Å². The molecule has 0 radical (unpaired) electrons. The molecule has 9 nitrogen and oxygen atoms in total. The van der Waals surface area contributed by atoms with E-state index < -0.39 is 4.92 Å². The van der Waals surface area contributed by atoms with Crippen molar-refractivity contribution in [1.29, 1.82) is 0 Å². The Hall–Kier alpha value is -4.57. The lowest BCUT2D eigenvalue weighted by Crippen LogP contribution is -2.30. The van der Waals surface area contributed by atoms with Crippen molar-refractivity contribution >= 4 is 35.1 Å². The van der Waals surface area contributed by atoms with E-state index in [4.69, 9.17) is 4.74 Å². The minimum Gasteiger partial charge on any atom is -0.439 e. The molecule has 1 aliphatic heterocycles. The highest BCUT2D eigenvalue weighted by Crippen LogP contribution is 2.32. The standard InChI is InChI=1S/C29H27N5O4S/c1-4-20-5-7-22(8-6-20)31-29-32-28(35)26(39-29)16-21-15-18(2)33(19(21)3)23-9-12-25(13-10-23)38-27-14-11-24(17-30-27)34(36)37/h5-17,29,31H,4H2,1-3H3,(H,32,35)/b26-16-/t29-/m0/s1. The number of benzene rings is 2. The second-order valence-corrected chi connectivity index (χ2v) is 10.2. The number of nitrogens with one attached hydrogen (secondary N) is 2. The molecule has 198 valence electrons. The van der Waals surface area contributed by atoms with Gasteiger partial charge in [0.15, 0.2) is 5.50 Å². The number of rotatable bonds is 8. The summed E-state index contributed by atoms with van der Waals surface area (Å²) in [5.74, 6) is 0.731. The maximum atomic E-state index is 12.7. The first kappa shape index (κ1) is 26.1. The molecule has 2 aromatic carbocycles. The largest absolute Gasteiger partial charge is 0.439 e. The first-order valence-electron chi connectivity index (χ1n) is 12.4. The molecular weight excluding hydrogens is 514 g/mol. The molecule has 5 rings (SSSR count). The zero-order chi connectivity index (χ0) is 27.5. The van der Waals surface area contributed by atoms with Crippen molar-refractivity contribution < 1.29 is 14.5 Å². The van der Waals surface area contributed by atoms with Crippen molar-refractivity contribution in [1.82, 2.24) is 14.9 Å². The van der Waals surface area contributed by atoms with Crippen LogP contribution in [-0.2, 0) is 11.2 Å². The van der Waals surface area contributed by atoms with Gasteiger partial charge in [0.2, 0.25) is 5.88 Å². The SMILES string of the molecule is CCc1ccc(N[C@H]2NC(=O)/C(=C/c3cc(C)n(-c4ccc(Oc5ccc([N+](=O)[O-])cn5)cc4)c3C)S2)cc1. The molecule has 2 aromatic heterocycles. The third-order valence-electron chi connectivity index (χ3n) is 6.40. The Bertz CT molecular complexity index is 1540. The van der Waals surface area contributed by atoms with Gasteiger partial charge in [-0.15, -0.1) is 0 Å². The number of nitrogens with zero attached hydrogens (tertiary/aromatic N) is 3. The zero-order valence-corrected chi connectivity index (χ0v) is 22.5. The van der Waals surface area contributed by atoms with E-state index in [1.807, 2.05) is 56.3 Å². The Morgan fingerprint density at radius 2 is 1.87 bits per heavy atom. The lowest BCUT2D eigenvalue weighted by molar-refractivity contribution is -0.385. The van der Waals surface area contributed by atoms with Crippen LogP contribution in [0.3, 0.4) is 0 Å².